The topological polar surface area (TPSA) is 78.9 Å². The second-order valence-corrected chi connectivity index (χ2v) is 20.6. The van der Waals surface area contributed by atoms with Crippen LogP contribution in [0.2, 0.25) is 0 Å². The number of carbonyl (C=O) groups excluding carboxylic acids is 3. The van der Waals surface area contributed by atoms with Crippen LogP contribution in [-0.2, 0) is 28.6 Å². The van der Waals surface area contributed by atoms with Crippen LogP contribution in [0.4, 0.5) is 0 Å². The maximum atomic E-state index is 12.9. The van der Waals surface area contributed by atoms with Gasteiger partial charge >= 0.3 is 17.9 Å². The Bertz CT molecular complexity index is 1340. The molecule has 72 heavy (non-hydrogen) atoms. The second-order valence-electron chi connectivity index (χ2n) is 20.6. The molecule has 0 saturated carbocycles. The van der Waals surface area contributed by atoms with Crippen LogP contribution in [-0.4, -0.2) is 37.2 Å². The summed E-state index contributed by atoms with van der Waals surface area (Å²) in [5, 5.41) is 0. The van der Waals surface area contributed by atoms with Gasteiger partial charge in [0.05, 0.1) is 0 Å². The molecule has 0 aliphatic heterocycles. The lowest BCUT2D eigenvalue weighted by molar-refractivity contribution is -0.167. The molecule has 0 aromatic rings. The average molecular weight is 1010 g/mol. The molecular formula is C66H116O6. The summed E-state index contributed by atoms with van der Waals surface area (Å²) < 4.78 is 16.9. The lowest BCUT2D eigenvalue weighted by Crippen LogP contribution is -2.30. The molecule has 6 heteroatoms. The van der Waals surface area contributed by atoms with Crippen molar-refractivity contribution in [2.45, 2.75) is 316 Å². The molecule has 0 aromatic heterocycles. The van der Waals surface area contributed by atoms with Crippen LogP contribution >= 0.6 is 0 Å². The highest BCUT2D eigenvalue weighted by molar-refractivity contribution is 5.71. The number of carbonyl (C=O) groups is 3. The van der Waals surface area contributed by atoms with Crippen molar-refractivity contribution in [1.82, 2.24) is 0 Å². The van der Waals surface area contributed by atoms with Gasteiger partial charge in [0, 0.05) is 19.3 Å². The molecule has 0 N–H and O–H groups in total. The molecule has 0 rings (SSSR count). The van der Waals surface area contributed by atoms with Crippen LogP contribution in [0.25, 0.3) is 0 Å². The fraction of sp³-hybridized carbons (Fsp3) is 0.773. The maximum Gasteiger partial charge on any atom is 0.306 e. The first-order valence-electron chi connectivity index (χ1n) is 30.9. The van der Waals surface area contributed by atoms with Gasteiger partial charge in [0.15, 0.2) is 6.10 Å². The minimum Gasteiger partial charge on any atom is -0.462 e. The summed E-state index contributed by atoms with van der Waals surface area (Å²) in [7, 11) is 0. The van der Waals surface area contributed by atoms with Crippen LogP contribution in [0, 0.1) is 0 Å². The van der Waals surface area contributed by atoms with Crippen molar-refractivity contribution in [3.05, 3.63) is 72.9 Å². The maximum absolute atomic E-state index is 12.9. The van der Waals surface area contributed by atoms with E-state index in [-0.39, 0.29) is 37.5 Å². The number of ether oxygens (including phenoxy) is 3. The van der Waals surface area contributed by atoms with Gasteiger partial charge in [-0.3, -0.25) is 14.4 Å². The zero-order valence-electron chi connectivity index (χ0n) is 47.7. The molecule has 1 unspecified atom stereocenters. The van der Waals surface area contributed by atoms with Gasteiger partial charge in [-0.05, 0) is 83.5 Å². The number of allylic oxidation sites excluding steroid dienone is 12. The smallest absolute Gasteiger partial charge is 0.306 e. The Morgan fingerprint density at radius 1 is 0.292 bits per heavy atom. The van der Waals surface area contributed by atoms with E-state index in [1.807, 2.05) is 0 Å². The molecule has 0 bridgehead atoms. The minimum absolute atomic E-state index is 0.0913. The molecule has 6 nitrogen and oxygen atoms in total. The van der Waals surface area contributed by atoms with Crippen molar-refractivity contribution in [3.8, 4) is 0 Å². The second kappa shape index (κ2) is 60.4. The highest BCUT2D eigenvalue weighted by Crippen LogP contribution is 2.17. The molecule has 0 heterocycles. The first-order chi connectivity index (χ1) is 35.5. The van der Waals surface area contributed by atoms with Gasteiger partial charge in [0.2, 0.25) is 0 Å². The first-order valence-corrected chi connectivity index (χ1v) is 30.9. The van der Waals surface area contributed by atoms with Crippen molar-refractivity contribution in [2.24, 2.45) is 0 Å². The number of rotatable bonds is 56. The summed E-state index contributed by atoms with van der Waals surface area (Å²) in [5.41, 5.74) is 0. The SMILES string of the molecule is CC/C=C\C/C=C\C/C=C\CCCCCCCCCCCC(=O)OCC(COC(=O)CCC/C=C\C/C=C\C/C=C\CCCCCCCC)OC(=O)CCCCCCCCCCCCCCCCCCCC. The Labute approximate surface area is 446 Å². The van der Waals surface area contributed by atoms with Crippen LogP contribution in [0.15, 0.2) is 72.9 Å². The summed E-state index contributed by atoms with van der Waals surface area (Å²) in [6.45, 7) is 6.52. The first kappa shape index (κ1) is 68.8. The summed E-state index contributed by atoms with van der Waals surface area (Å²) in [5.74, 6) is -0.936. The molecule has 0 saturated heterocycles. The average Bonchev–Trinajstić information content (AvgIpc) is 3.38. The fourth-order valence-electron chi connectivity index (χ4n) is 8.83. The van der Waals surface area contributed by atoms with Gasteiger partial charge in [0.25, 0.3) is 0 Å². The van der Waals surface area contributed by atoms with Gasteiger partial charge in [0.1, 0.15) is 13.2 Å². The van der Waals surface area contributed by atoms with E-state index in [0.29, 0.717) is 19.3 Å². The van der Waals surface area contributed by atoms with E-state index in [0.717, 1.165) is 77.0 Å². The predicted molar refractivity (Wildman–Crippen MR) is 311 cm³/mol. The highest BCUT2D eigenvalue weighted by atomic mass is 16.6. The van der Waals surface area contributed by atoms with E-state index < -0.39 is 6.10 Å². The number of hydrogen-bond acceptors (Lipinski definition) is 6. The molecule has 0 spiro atoms. The quantitative estimate of drug-likeness (QED) is 0.0261. The Balaban J connectivity index is 4.42. The monoisotopic (exact) mass is 1000 g/mol. The zero-order chi connectivity index (χ0) is 52.2. The van der Waals surface area contributed by atoms with Crippen LogP contribution in [0.3, 0.4) is 0 Å². The lowest BCUT2D eigenvalue weighted by Gasteiger charge is -2.18. The van der Waals surface area contributed by atoms with E-state index >= 15 is 0 Å². The van der Waals surface area contributed by atoms with Gasteiger partial charge in [-0.25, -0.2) is 0 Å². The van der Waals surface area contributed by atoms with E-state index in [4.69, 9.17) is 14.2 Å². The third kappa shape index (κ3) is 57.7. The zero-order valence-corrected chi connectivity index (χ0v) is 47.7. The Kier molecular flexibility index (Phi) is 57.8. The van der Waals surface area contributed by atoms with Crippen LogP contribution < -0.4 is 0 Å². The van der Waals surface area contributed by atoms with Gasteiger partial charge in [-0.15, -0.1) is 0 Å². The van der Waals surface area contributed by atoms with Gasteiger partial charge < -0.3 is 14.2 Å². The van der Waals surface area contributed by atoms with Crippen LogP contribution in [0.5, 0.6) is 0 Å². The normalized spacial score (nSPS) is 12.5. The molecular weight excluding hydrogens is 889 g/mol. The van der Waals surface area contributed by atoms with E-state index in [1.54, 1.807) is 0 Å². The van der Waals surface area contributed by atoms with Crippen molar-refractivity contribution in [3.63, 3.8) is 0 Å². The van der Waals surface area contributed by atoms with Crippen molar-refractivity contribution < 1.29 is 28.6 Å². The van der Waals surface area contributed by atoms with E-state index in [9.17, 15) is 14.4 Å². The molecule has 0 radical (unpaired) electrons. The Morgan fingerprint density at radius 3 is 0.903 bits per heavy atom. The predicted octanol–water partition coefficient (Wildman–Crippen LogP) is 20.9. The van der Waals surface area contributed by atoms with E-state index in [2.05, 4.69) is 93.7 Å². The third-order valence-electron chi connectivity index (χ3n) is 13.4. The van der Waals surface area contributed by atoms with Crippen molar-refractivity contribution >= 4 is 17.9 Å². The molecule has 416 valence electrons. The Hall–Kier alpha value is -3.15. The fourth-order valence-corrected chi connectivity index (χ4v) is 8.83. The number of esters is 3. The van der Waals surface area contributed by atoms with Gasteiger partial charge in [-0.2, -0.15) is 0 Å². The third-order valence-corrected chi connectivity index (χ3v) is 13.4. The largest absolute Gasteiger partial charge is 0.462 e. The standard InChI is InChI=1S/C66H116O6/c1-4-7-10-13-16-19-22-25-28-31-33-36-38-41-44-47-50-53-56-59-65(68)71-62-63(61-70-64(67)58-55-52-49-46-43-40-37-34-30-27-24-21-18-15-12-9-6-3)72-66(69)60-57-54-51-48-45-42-39-35-32-29-26-23-20-17-14-11-8-5-2/h7,10,16,19,25,27-28,30,37,40,46,49,63H,4-6,8-9,11-15,17-18,20-24,26,29,31-36,38-39,41-45,47-48,50-62H2,1-3H3/b10-7-,19-16-,28-25-,30-27-,40-37-,49-46-. The summed E-state index contributed by atoms with van der Waals surface area (Å²) in [4.78, 5) is 38.3. The van der Waals surface area contributed by atoms with E-state index in [1.165, 1.54) is 186 Å². The minimum atomic E-state index is -0.797. The molecule has 0 aliphatic carbocycles. The molecule has 1 atom stereocenters. The van der Waals surface area contributed by atoms with Gasteiger partial charge in [-0.1, -0.05) is 280 Å². The van der Waals surface area contributed by atoms with Crippen LogP contribution in [0.1, 0.15) is 310 Å². The molecule has 0 aliphatic rings. The summed E-state index contributed by atoms with van der Waals surface area (Å²) in [6, 6.07) is 0. The lowest BCUT2D eigenvalue weighted by atomic mass is 10.0. The molecule has 0 fully saturated rings. The summed E-state index contributed by atoms with van der Waals surface area (Å²) >= 11 is 0. The Morgan fingerprint density at radius 2 is 0.556 bits per heavy atom. The molecule has 0 amide bonds. The summed E-state index contributed by atoms with van der Waals surface area (Å²) in [6.07, 6.45) is 77.6. The molecule has 0 aromatic carbocycles. The number of unbranched alkanes of at least 4 members (excludes halogenated alkanes) is 33. The highest BCUT2D eigenvalue weighted by Gasteiger charge is 2.19. The number of hydrogen-bond donors (Lipinski definition) is 0. The van der Waals surface area contributed by atoms with Crippen molar-refractivity contribution in [2.75, 3.05) is 13.2 Å². The van der Waals surface area contributed by atoms with Crippen molar-refractivity contribution in [1.29, 1.82) is 0 Å².